The van der Waals surface area contributed by atoms with Gasteiger partial charge in [0.1, 0.15) is 17.7 Å². The molecule has 0 aliphatic heterocycles. The van der Waals surface area contributed by atoms with Crippen LogP contribution in [-0.4, -0.2) is 21.1 Å². The Hall–Kier alpha value is -2.42. The predicted molar refractivity (Wildman–Crippen MR) is 112 cm³/mol. The molecule has 1 N–H and O–H groups in total. The van der Waals surface area contributed by atoms with Crippen molar-refractivity contribution >= 4 is 32.8 Å². The molecule has 4 rings (SSSR count). The summed E-state index contributed by atoms with van der Waals surface area (Å²) in [5.74, 6) is 1.49. The van der Waals surface area contributed by atoms with Gasteiger partial charge in [-0.2, -0.15) is 18.2 Å². The molecule has 0 spiro atoms. The largest absolute Gasteiger partial charge is 0.473 e. The molecule has 1 saturated carbocycles. The van der Waals surface area contributed by atoms with Gasteiger partial charge in [0.2, 0.25) is 5.88 Å². The van der Waals surface area contributed by atoms with E-state index >= 15 is 0 Å². The molecule has 1 atom stereocenters. The van der Waals surface area contributed by atoms with Crippen molar-refractivity contribution in [2.45, 2.75) is 51.9 Å². The highest BCUT2D eigenvalue weighted by Crippen LogP contribution is 2.37. The average molecular weight is 481 g/mol. The minimum absolute atomic E-state index is 0.190. The Morgan fingerprint density at radius 2 is 1.90 bits per heavy atom. The second-order valence-corrected chi connectivity index (χ2v) is 8.32. The number of nitrogens with zero attached hydrogens (tertiary/aromatic N) is 3. The number of nitrogens with one attached hydrogen (secondary N) is 1. The second kappa shape index (κ2) is 7.68. The monoisotopic (exact) mass is 480 g/mol. The summed E-state index contributed by atoms with van der Waals surface area (Å²) in [6.07, 6.45) is -2.19. The van der Waals surface area contributed by atoms with Crippen LogP contribution in [0.4, 0.5) is 19.0 Å². The smallest absolute Gasteiger partial charge is 0.416 e. The van der Waals surface area contributed by atoms with E-state index in [-0.39, 0.29) is 11.7 Å². The van der Waals surface area contributed by atoms with Crippen LogP contribution >= 0.6 is 15.9 Å². The molecule has 0 radical (unpaired) electrons. The summed E-state index contributed by atoms with van der Waals surface area (Å²) in [4.78, 5) is 13.4. The fourth-order valence-corrected chi connectivity index (χ4v) is 3.78. The SMILES string of the molecule is Cc1nc(N[C@H](C)c2cccc(C(F)(F)F)c2C)c2cc(Br)c(OC3CC3)nc2n1. The summed E-state index contributed by atoms with van der Waals surface area (Å²) in [6.45, 7) is 5.04. The lowest BCUT2D eigenvalue weighted by Crippen LogP contribution is -2.14. The first-order valence-electron chi connectivity index (χ1n) is 9.58. The molecule has 1 fully saturated rings. The number of halogens is 4. The van der Waals surface area contributed by atoms with Crippen molar-refractivity contribution in [1.82, 2.24) is 15.0 Å². The van der Waals surface area contributed by atoms with Gasteiger partial charge in [-0.3, -0.25) is 0 Å². The Labute approximate surface area is 180 Å². The van der Waals surface area contributed by atoms with Gasteiger partial charge in [-0.25, -0.2) is 9.97 Å². The topological polar surface area (TPSA) is 59.9 Å². The molecular weight excluding hydrogens is 461 g/mol. The molecule has 3 aromatic rings. The summed E-state index contributed by atoms with van der Waals surface area (Å²) in [6, 6.07) is 5.62. The van der Waals surface area contributed by atoms with E-state index in [1.807, 2.05) is 6.07 Å². The molecule has 0 unspecified atom stereocenters. The van der Waals surface area contributed by atoms with E-state index < -0.39 is 17.8 Å². The van der Waals surface area contributed by atoms with Crippen LogP contribution in [0.5, 0.6) is 5.88 Å². The first-order valence-corrected chi connectivity index (χ1v) is 10.4. The van der Waals surface area contributed by atoms with E-state index in [2.05, 4.69) is 36.2 Å². The van der Waals surface area contributed by atoms with E-state index in [9.17, 15) is 13.2 Å². The third-order valence-electron chi connectivity index (χ3n) is 5.02. The number of alkyl halides is 3. The number of pyridine rings is 1. The Kier molecular flexibility index (Phi) is 5.34. The van der Waals surface area contributed by atoms with Crippen LogP contribution in [0.2, 0.25) is 0 Å². The van der Waals surface area contributed by atoms with E-state index in [4.69, 9.17) is 4.74 Å². The van der Waals surface area contributed by atoms with Crippen LogP contribution < -0.4 is 10.1 Å². The highest BCUT2D eigenvalue weighted by atomic mass is 79.9. The number of fused-ring (bicyclic) bond motifs is 1. The van der Waals surface area contributed by atoms with Gasteiger partial charge in [0.25, 0.3) is 0 Å². The number of aromatic nitrogens is 3. The zero-order chi connectivity index (χ0) is 21.6. The van der Waals surface area contributed by atoms with Crippen molar-refractivity contribution in [2.24, 2.45) is 0 Å². The molecular formula is C21H20BrF3N4O. The standard InChI is InChI=1S/C21H20BrF3N4O/c1-10-14(5-4-6-16(10)21(23,24)25)11(2)26-18-15-9-17(22)20(30-13-7-8-13)29-19(15)28-12(3)27-18/h4-6,9,11,13H,7-8H2,1-3H3,(H,26,27,28,29)/t11-/m1/s1. The summed E-state index contributed by atoms with van der Waals surface area (Å²) >= 11 is 3.48. The number of hydrogen-bond acceptors (Lipinski definition) is 5. The predicted octanol–water partition coefficient (Wildman–Crippen LogP) is 6.14. The molecule has 5 nitrogen and oxygen atoms in total. The Bertz CT molecular complexity index is 1120. The number of anilines is 1. The van der Waals surface area contributed by atoms with Gasteiger partial charge in [-0.1, -0.05) is 12.1 Å². The third-order valence-corrected chi connectivity index (χ3v) is 5.59. The molecule has 1 aliphatic rings. The summed E-state index contributed by atoms with van der Waals surface area (Å²) in [5, 5.41) is 3.90. The normalized spacial score (nSPS) is 15.3. The second-order valence-electron chi connectivity index (χ2n) is 7.47. The fraction of sp³-hybridized carbons (Fsp3) is 0.381. The summed E-state index contributed by atoms with van der Waals surface area (Å²) < 4.78 is 46.4. The van der Waals surface area contributed by atoms with Gasteiger partial charge < -0.3 is 10.1 Å². The van der Waals surface area contributed by atoms with Crippen LogP contribution in [0.3, 0.4) is 0 Å². The van der Waals surface area contributed by atoms with Crippen LogP contribution in [0.1, 0.15) is 48.3 Å². The van der Waals surface area contributed by atoms with E-state index in [1.54, 1.807) is 19.9 Å². The van der Waals surface area contributed by atoms with Gasteiger partial charge in [0.05, 0.1) is 21.5 Å². The first-order chi connectivity index (χ1) is 14.1. The molecule has 158 valence electrons. The molecule has 0 amide bonds. The molecule has 1 aromatic carbocycles. The Morgan fingerprint density at radius 3 is 2.57 bits per heavy atom. The molecule has 1 aliphatic carbocycles. The molecule has 2 heterocycles. The third kappa shape index (κ3) is 4.21. The van der Waals surface area contributed by atoms with Crippen molar-refractivity contribution in [2.75, 3.05) is 5.32 Å². The maximum absolute atomic E-state index is 13.3. The maximum Gasteiger partial charge on any atom is 0.416 e. The van der Waals surface area contributed by atoms with Gasteiger partial charge in [-0.05, 0) is 72.8 Å². The van der Waals surface area contributed by atoms with Gasteiger partial charge in [0, 0.05) is 0 Å². The van der Waals surface area contributed by atoms with Gasteiger partial charge in [-0.15, -0.1) is 0 Å². The molecule has 9 heteroatoms. The van der Waals surface area contributed by atoms with Crippen LogP contribution in [0.25, 0.3) is 11.0 Å². The van der Waals surface area contributed by atoms with Crippen LogP contribution in [0, 0.1) is 13.8 Å². The Balaban J connectivity index is 1.70. The van der Waals surface area contributed by atoms with Crippen molar-refractivity contribution in [3.63, 3.8) is 0 Å². The maximum atomic E-state index is 13.3. The lowest BCUT2D eigenvalue weighted by atomic mass is 9.97. The number of ether oxygens (including phenoxy) is 1. The molecule has 30 heavy (non-hydrogen) atoms. The quantitative estimate of drug-likeness (QED) is 0.475. The van der Waals surface area contributed by atoms with Crippen molar-refractivity contribution in [1.29, 1.82) is 0 Å². The van der Waals surface area contributed by atoms with Gasteiger partial charge >= 0.3 is 6.18 Å². The van der Waals surface area contributed by atoms with Crippen molar-refractivity contribution < 1.29 is 17.9 Å². The van der Waals surface area contributed by atoms with Crippen LogP contribution in [-0.2, 0) is 6.18 Å². The fourth-order valence-electron chi connectivity index (χ4n) is 3.37. The van der Waals surface area contributed by atoms with Crippen LogP contribution in [0.15, 0.2) is 28.7 Å². The molecule has 0 saturated heterocycles. The summed E-state index contributed by atoms with van der Waals surface area (Å²) in [7, 11) is 0. The number of benzene rings is 1. The molecule has 2 aromatic heterocycles. The van der Waals surface area contributed by atoms with Crippen molar-refractivity contribution in [3.8, 4) is 5.88 Å². The lowest BCUT2D eigenvalue weighted by Gasteiger charge is -2.21. The minimum atomic E-state index is -4.40. The number of hydrogen-bond donors (Lipinski definition) is 1. The zero-order valence-electron chi connectivity index (χ0n) is 16.6. The van der Waals surface area contributed by atoms with Gasteiger partial charge in [0.15, 0.2) is 5.65 Å². The molecule has 0 bridgehead atoms. The minimum Gasteiger partial charge on any atom is -0.473 e. The van der Waals surface area contributed by atoms with E-state index in [0.717, 1.165) is 18.9 Å². The highest BCUT2D eigenvalue weighted by Gasteiger charge is 2.33. The average Bonchev–Trinajstić information content (AvgIpc) is 3.46. The number of aryl methyl sites for hydroxylation is 1. The van der Waals surface area contributed by atoms with Crippen molar-refractivity contribution in [3.05, 3.63) is 51.3 Å². The number of rotatable bonds is 5. The van der Waals surface area contributed by atoms with E-state index in [0.29, 0.717) is 38.6 Å². The lowest BCUT2D eigenvalue weighted by molar-refractivity contribution is -0.138. The van der Waals surface area contributed by atoms with E-state index in [1.165, 1.54) is 13.0 Å². The summed E-state index contributed by atoms with van der Waals surface area (Å²) in [5.41, 5.74) is 0.579. The Morgan fingerprint density at radius 1 is 1.17 bits per heavy atom. The first kappa shape index (κ1) is 20.8. The highest BCUT2D eigenvalue weighted by molar-refractivity contribution is 9.10. The zero-order valence-corrected chi connectivity index (χ0v) is 18.2.